The van der Waals surface area contributed by atoms with Crippen LogP contribution in [0.15, 0.2) is 0 Å². The normalized spacial score (nSPS) is 22.5. The van der Waals surface area contributed by atoms with E-state index in [1.807, 2.05) is 0 Å². The van der Waals surface area contributed by atoms with Crippen molar-refractivity contribution in [2.75, 3.05) is 19.8 Å². The van der Waals surface area contributed by atoms with Crippen molar-refractivity contribution in [3.8, 4) is 0 Å². The number of amides is 1. The van der Waals surface area contributed by atoms with Crippen molar-refractivity contribution in [1.29, 1.82) is 0 Å². The molecule has 0 N–H and O–H groups in total. The number of hydrogen-bond donors (Lipinski definition) is 0. The Labute approximate surface area is 126 Å². The zero-order chi connectivity index (χ0) is 15.9. The van der Waals surface area contributed by atoms with Gasteiger partial charge in [0.25, 0.3) is 5.91 Å². The minimum absolute atomic E-state index is 0.239. The van der Waals surface area contributed by atoms with Gasteiger partial charge in [0.05, 0.1) is 19.3 Å². The molecule has 0 spiro atoms. The first kappa shape index (κ1) is 15.3. The molecule has 0 aliphatic carbocycles. The van der Waals surface area contributed by atoms with Gasteiger partial charge in [-0.1, -0.05) is 0 Å². The summed E-state index contributed by atoms with van der Waals surface area (Å²) in [5, 5.41) is 0. The molecular formula is C14H18F3N3O2. The maximum Gasteiger partial charge on any atom is 0.435 e. The third kappa shape index (κ3) is 2.60. The van der Waals surface area contributed by atoms with Crippen molar-refractivity contribution < 1.29 is 22.7 Å². The molecule has 0 bridgehead atoms. The predicted octanol–water partition coefficient (Wildman–Crippen LogP) is 2.10. The number of imidazole rings is 1. The molecule has 22 heavy (non-hydrogen) atoms. The van der Waals surface area contributed by atoms with Crippen LogP contribution in [0.1, 0.15) is 41.8 Å². The minimum atomic E-state index is -4.62. The van der Waals surface area contributed by atoms with Crippen molar-refractivity contribution in [1.82, 2.24) is 14.5 Å². The first-order chi connectivity index (χ1) is 10.4. The summed E-state index contributed by atoms with van der Waals surface area (Å²) >= 11 is 0. The fourth-order valence-electron chi connectivity index (χ4n) is 3.06. The lowest BCUT2D eigenvalue weighted by Crippen LogP contribution is -2.48. The highest BCUT2D eigenvalue weighted by atomic mass is 19.4. The summed E-state index contributed by atoms with van der Waals surface area (Å²) in [6.07, 6.45) is -2.57. The number of aryl methyl sites for hydroxylation is 1. The van der Waals surface area contributed by atoms with Gasteiger partial charge in [-0.3, -0.25) is 4.79 Å². The van der Waals surface area contributed by atoms with Crippen molar-refractivity contribution in [2.24, 2.45) is 0 Å². The quantitative estimate of drug-likeness (QED) is 0.797. The molecule has 0 saturated carbocycles. The number of morpholine rings is 1. The van der Waals surface area contributed by atoms with E-state index in [9.17, 15) is 18.0 Å². The monoisotopic (exact) mass is 317 g/mol. The first-order valence-corrected chi connectivity index (χ1v) is 7.45. The molecule has 8 heteroatoms. The van der Waals surface area contributed by atoms with E-state index in [0.717, 1.165) is 12.8 Å². The highest BCUT2D eigenvalue weighted by Crippen LogP contribution is 2.34. The van der Waals surface area contributed by atoms with E-state index in [1.54, 1.807) is 6.92 Å². The molecule has 1 aromatic heterocycles. The van der Waals surface area contributed by atoms with Gasteiger partial charge >= 0.3 is 6.18 Å². The highest BCUT2D eigenvalue weighted by molar-refractivity contribution is 5.94. The van der Waals surface area contributed by atoms with E-state index >= 15 is 0 Å². The van der Waals surface area contributed by atoms with Gasteiger partial charge in [-0.25, -0.2) is 4.98 Å². The van der Waals surface area contributed by atoms with Gasteiger partial charge < -0.3 is 14.2 Å². The molecule has 1 fully saturated rings. The molecule has 1 aromatic rings. The summed E-state index contributed by atoms with van der Waals surface area (Å²) < 4.78 is 46.6. The molecule has 122 valence electrons. The van der Waals surface area contributed by atoms with Crippen LogP contribution in [0.4, 0.5) is 13.2 Å². The molecule has 1 amide bonds. The van der Waals surface area contributed by atoms with Crippen molar-refractivity contribution >= 4 is 5.91 Å². The average Bonchev–Trinajstić information content (AvgIpc) is 2.86. The Morgan fingerprint density at radius 3 is 2.77 bits per heavy atom. The van der Waals surface area contributed by atoms with Crippen LogP contribution in [-0.2, 0) is 23.9 Å². The van der Waals surface area contributed by atoms with E-state index < -0.39 is 17.8 Å². The number of carbonyl (C=O) groups excluding carboxylic acids is 1. The smallest absolute Gasteiger partial charge is 0.377 e. The molecule has 3 rings (SSSR count). The van der Waals surface area contributed by atoms with Crippen LogP contribution in [0.3, 0.4) is 0 Å². The van der Waals surface area contributed by atoms with Crippen LogP contribution in [0, 0.1) is 0 Å². The molecular weight excluding hydrogens is 299 g/mol. The van der Waals surface area contributed by atoms with E-state index in [-0.39, 0.29) is 11.7 Å². The number of ether oxygens (including phenoxy) is 1. The maximum absolute atomic E-state index is 13.3. The van der Waals surface area contributed by atoms with Crippen LogP contribution in [0.2, 0.25) is 0 Å². The van der Waals surface area contributed by atoms with Crippen molar-refractivity contribution in [3.63, 3.8) is 0 Å². The Morgan fingerprint density at radius 1 is 1.32 bits per heavy atom. The molecule has 0 radical (unpaired) electrons. The van der Waals surface area contributed by atoms with Crippen molar-refractivity contribution in [2.45, 2.75) is 44.9 Å². The Bertz CT molecular complexity index is 583. The topological polar surface area (TPSA) is 47.4 Å². The molecule has 2 aliphatic heterocycles. The van der Waals surface area contributed by atoms with Gasteiger partial charge in [0.1, 0.15) is 11.5 Å². The summed E-state index contributed by atoms with van der Waals surface area (Å²) in [4.78, 5) is 17.9. The summed E-state index contributed by atoms with van der Waals surface area (Å²) in [5.74, 6) is -0.230. The number of carbonyl (C=O) groups is 1. The van der Waals surface area contributed by atoms with Gasteiger partial charge in [0, 0.05) is 19.5 Å². The average molecular weight is 317 g/mol. The zero-order valence-electron chi connectivity index (χ0n) is 12.3. The molecule has 1 saturated heterocycles. The van der Waals surface area contributed by atoms with Gasteiger partial charge in [-0.05, 0) is 19.8 Å². The fraction of sp³-hybridized carbons (Fsp3) is 0.714. The van der Waals surface area contributed by atoms with Gasteiger partial charge in [0.15, 0.2) is 5.69 Å². The van der Waals surface area contributed by atoms with Crippen LogP contribution in [0.5, 0.6) is 0 Å². The lowest BCUT2D eigenvalue weighted by Gasteiger charge is -2.34. The van der Waals surface area contributed by atoms with Gasteiger partial charge in [-0.15, -0.1) is 0 Å². The van der Waals surface area contributed by atoms with E-state index in [0.29, 0.717) is 38.5 Å². The first-order valence-electron chi connectivity index (χ1n) is 7.45. The van der Waals surface area contributed by atoms with Gasteiger partial charge in [0.2, 0.25) is 0 Å². The number of nitrogens with zero attached hydrogens (tertiary/aromatic N) is 3. The Balaban J connectivity index is 2.04. The van der Waals surface area contributed by atoms with E-state index in [1.165, 1.54) is 9.47 Å². The highest BCUT2D eigenvalue weighted by Gasteiger charge is 2.43. The van der Waals surface area contributed by atoms with Crippen molar-refractivity contribution in [3.05, 3.63) is 17.2 Å². The molecule has 5 nitrogen and oxygen atoms in total. The zero-order valence-corrected chi connectivity index (χ0v) is 12.3. The second-order valence-electron chi connectivity index (χ2n) is 5.75. The number of hydrogen-bond acceptors (Lipinski definition) is 3. The van der Waals surface area contributed by atoms with Crippen LogP contribution < -0.4 is 0 Å². The Morgan fingerprint density at radius 2 is 2.09 bits per heavy atom. The maximum atomic E-state index is 13.3. The fourth-order valence-corrected chi connectivity index (χ4v) is 3.06. The lowest BCUT2D eigenvalue weighted by molar-refractivity contribution is -0.141. The second kappa shape index (κ2) is 5.57. The lowest BCUT2D eigenvalue weighted by atomic mass is 10.1. The van der Waals surface area contributed by atoms with E-state index in [4.69, 9.17) is 4.74 Å². The Hall–Kier alpha value is -1.57. The van der Waals surface area contributed by atoms with Crippen LogP contribution in [-0.4, -0.2) is 46.2 Å². The molecule has 0 aromatic carbocycles. The number of fused-ring (bicyclic) bond motifs is 1. The number of aromatic nitrogens is 2. The summed E-state index contributed by atoms with van der Waals surface area (Å²) in [7, 11) is 0. The minimum Gasteiger partial charge on any atom is -0.377 e. The molecule has 2 aliphatic rings. The molecule has 1 atom stereocenters. The summed E-state index contributed by atoms with van der Waals surface area (Å²) in [6, 6.07) is -0.239. The number of alkyl halides is 3. The third-order valence-electron chi connectivity index (χ3n) is 4.18. The van der Waals surface area contributed by atoms with Crippen LogP contribution in [0.25, 0.3) is 0 Å². The third-order valence-corrected chi connectivity index (χ3v) is 4.18. The van der Waals surface area contributed by atoms with E-state index in [2.05, 4.69) is 4.98 Å². The van der Waals surface area contributed by atoms with Gasteiger partial charge in [-0.2, -0.15) is 13.2 Å². The SMILES string of the molecule is C[C@@H]1COCCN1C(=O)c1c(C(F)(F)F)nc2n1CCCC2. The summed E-state index contributed by atoms with van der Waals surface area (Å²) in [6.45, 7) is 3.18. The molecule has 0 unspecified atom stereocenters. The Kier molecular flexibility index (Phi) is 3.88. The number of rotatable bonds is 1. The molecule has 3 heterocycles. The van der Waals surface area contributed by atoms with Crippen LogP contribution >= 0.6 is 0 Å². The number of halogens is 3. The largest absolute Gasteiger partial charge is 0.435 e. The predicted molar refractivity (Wildman–Crippen MR) is 71.5 cm³/mol. The summed E-state index contributed by atoms with van der Waals surface area (Å²) in [5.41, 5.74) is -1.36. The standard InChI is InChI=1S/C14H18F3N3O2/c1-9-8-22-7-6-19(9)13(21)11-12(14(15,16)17)18-10-4-2-3-5-20(10)11/h9H,2-8H2,1H3/t9-/m1/s1. The second-order valence-corrected chi connectivity index (χ2v) is 5.75.